The van der Waals surface area contributed by atoms with Gasteiger partial charge in [0.25, 0.3) is 0 Å². The van der Waals surface area contributed by atoms with Gasteiger partial charge in [0.05, 0.1) is 19.0 Å². The third-order valence-corrected chi connectivity index (χ3v) is 2.92. The summed E-state index contributed by atoms with van der Waals surface area (Å²) in [6.45, 7) is 0.936. The van der Waals surface area contributed by atoms with Crippen molar-refractivity contribution in [1.29, 1.82) is 0 Å². The standard InChI is InChI=1S/C12H13N3O/c1-16-9-2-3-11-10(6-9)12-8(4-5-13-11)7-14-15-12/h2-3,6-7,13H,4-5H2,1H3,(H,14,15). The third-order valence-electron chi connectivity index (χ3n) is 2.92. The van der Waals surface area contributed by atoms with E-state index < -0.39 is 0 Å². The molecule has 0 radical (unpaired) electrons. The lowest BCUT2D eigenvalue weighted by Gasteiger charge is -2.09. The Morgan fingerprint density at radius 2 is 2.31 bits per heavy atom. The first-order chi connectivity index (χ1) is 7.88. The summed E-state index contributed by atoms with van der Waals surface area (Å²) >= 11 is 0. The molecule has 0 saturated carbocycles. The van der Waals surface area contributed by atoms with E-state index in [1.165, 1.54) is 5.56 Å². The zero-order valence-corrected chi connectivity index (χ0v) is 9.08. The number of nitrogens with zero attached hydrogens (tertiary/aromatic N) is 1. The van der Waals surface area contributed by atoms with E-state index in [0.29, 0.717) is 0 Å². The molecule has 0 aliphatic carbocycles. The molecule has 0 atom stereocenters. The molecule has 4 nitrogen and oxygen atoms in total. The van der Waals surface area contributed by atoms with Crippen molar-refractivity contribution in [3.8, 4) is 17.0 Å². The van der Waals surface area contributed by atoms with Crippen LogP contribution in [0.25, 0.3) is 11.3 Å². The molecule has 1 aliphatic rings. The number of aromatic amines is 1. The number of aromatic nitrogens is 2. The zero-order valence-electron chi connectivity index (χ0n) is 9.08. The Hall–Kier alpha value is -1.97. The van der Waals surface area contributed by atoms with Crippen LogP contribution in [0, 0.1) is 0 Å². The fourth-order valence-electron chi connectivity index (χ4n) is 2.08. The minimum atomic E-state index is 0.864. The minimum absolute atomic E-state index is 0.864. The van der Waals surface area contributed by atoms with Crippen molar-refractivity contribution in [2.75, 3.05) is 19.0 Å². The highest BCUT2D eigenvalue weighted by Crippen LogP contribution is 2.34. The van der Waals surface area contributed by atoms with Crippen molar-refractivity contribution in [3.05, 3.63) is 30.0 Å². The van der Waals surface area contributed by atoms with Crippen LogP contribution in [0.4, 0.5) is 5.69 Å². The predicted octanol–water partition coefficient (Wildman–Crippen LogP) is 2.05. The van der Waals surface area contributed by atoms with Crippen LogP contribution in [-0.4, -0.2) is 23.9 Å². The fraction of sp³-hybridized carbons (Fsp3) is 0.250. The molecule has 1 aromatic heterocycles. The number of hydrogen-bond acceptors (Lipinski definition) is 3. The zero-order chi connectivity index (χ0) is 11.0. The van der Waals surface area contributed by atoms with Gasteiger partial charge in [-0.25, -0.2) is 0 Å². The maximum Gasteiger partial charge on any atom is 0.119 e. The summed E-state index contributed by atoms with van der Waals surface area (Å²) in [4.78, 5) is 0. The lowest BCUT2D eigenvalue weighted by Crippen LogP contribution is -2.02. The highest BCUT2D eigenvalue weighted by atomic mass is 16.5. The smallest absolute Gasteiger partial charge is 0.119 e. The van der Waals surface area contributed by atoms with Gasteiger partial charge in [0.1, 0.15) is 5.75 Å². The van der Waals surface area contributed by atoms with Gasteiger partial charge in [-0.05, 0) is 30.2 Å². The summed E-state index contributed by atoms with van der Waals surface area (Å²) in [5, 5.41) is 10.6. The van der Waals surface area contributed by atoms with Gasteiger partial charge < -0.3 is 10.1 Å². The molecule has 2 aromatic rings. The molecular formula is C12H13N3O. The van der Waals surface area contributed by atoms with Crippen molar-refractivity contribution in [2.45, 2.75) is 6.42 Å². The second-order valence-electron chi connectivity index (χ2n) is 3.86. The van der Waals surface area contributed by atoms with E-state index in [1.54, 1.807) is 7.11 Å². The first kappa shape index (κ1) is 9.27. The first-order valence-corrected chi connectivity index (χ1v) is 5.33. The van der Waals surface area contributed by atoms with Gasteiger partial charge in [0.15, 0.2) is 0 Å². The number of methoxy groups -OCH3 is 1. The molecule has 1 aromatic carbocycles. The summed E-state index contributed by atoms with van der Waals surface area (Å²) in [5.41, 5.74) is 4.60. The average Bonchev–Trinajstić information content (AvgIpc) is 2.71. The summed E-state index contributed by atoms with van der Waals surface area (Å²) in [7, 11) is 1.68. The number of anilines is 1. The van der Waals surface area contributed by atoms with E-state index in [9.17, 15) is 0 Å². The second-order valence-corrected chi connectivity index (χ2v) is 3.86. The summed E-state index contributed by atoms with van der Waals surface area (Å²) in [6.07, 6.45) is 2.88. The number of fused-ring (bicyclic) bond motifs is 3. The van der Waals surface area contributed by atoms with Crippen LogP contribution in [0.1, 0.15) is 5.56 Å². The molecule has 4 heteroatoms. The number of benzene rings is 1. The van der Waals surface area contributed by atoms with Gasteiger partial charge in [-0.15, -0.1) is 0 Å². The summed E-state index contributed by atoms with van der Waals surface area (Å²) in [5.74, 6) is 0.864. The molecule has 0 saturated heterocycles. The van der Waals surface area contributed by atoms with Gasteiger partial charge in [0.2, 0.25) is 0 Å². The molecule has 0 fully saturated rings. The van der Waals surface area contributed by atoms with Crippen molar-refractivity contribution in [3.63, 3.8) is 0 Å². The molecule has 2 heterocycles. The molecule has 82 valence electrons. The lowest BCUT2D eigenvalue weighted by atomic mass is 10.1. The Kier molecular flexibility index (Phi) is 2.06. The molecule has 0 bridgehead atoms. The van der Waals surface area contributed by atoms with E-state index in [4.69, 9.17) is 4.74 Å². The molecule has 2 N–H and O–H groups in total. The average molecular weight is 215 g/mol. The highest BCUT2D eigenvalue weighted by Gasteiger charge is 2.16. The lowest BCUT2D eigenvalue weighted by molar-refractivity contribution is 0.415. The quantitative estimate of drug-likeness (QED) is 0.765. The predicted molar refractivity (Wildman–Crippen MR) is 62.8 cm³/mol. The minimum Gasteiger partial charge on any atom is -0.497 e. The van der Waals surface area contributed by atoms with Gasteiger partial charge in [-0.3, -0.25) is 5.10 Å². The van der Waals surface area contributed by atoms with Gasteiger partial charge >= 0.3 is 0 Å². The Morgan fingerprint density at radius 1 is 1.38 bits per heavy atom. The largest absolute Gasteiger partial charge is 0.497 e. The molecule has 0 unspecified atom stereocenters. The van der Waals surface area contributed by atoms with Crippen LogP contribution in [0.3, 0.4) is 0 Å². The molecule has 0 spiro atoms. The molecule has 0 amide bonds. The number of H-pyrrole nitrogens is 1. The Balaban J connectivity index is 2.21. The number of nitrogens with one attached hydrogen (secondary N) is 2. The van der Waals surface area contributed by atoms with E-state index in [-0.39, 0.29) is 0 Å². The van der Waals surface area contributed by atoms with Crippen LogP contribution in [0.5, 0.6) is 5.75 Å². The fourth-order valence-corrected chi connectivity index (χ4v) is 2.08. The normalized spacial score (nSPS) is 13.3. The topological polar surface area (TPSA) is 49.9 Å². The first-order valence-electron chi connectivity index (χ1n) is 5.33. The van der Waals surface area contributed by atoms with Crippen molar-refractivity contribution < 1.29 is 4.74 Å². The van der Waals surface area contributed by atoms with E-state index in [1.807, 2.05) is 24.4 Å². The number of hydrogen-bond donors (Lipinski definition) is 2. The molecule has 16 heavy (non-hydrogen) atoms. The summed E-state index contributed by atoms with van der Waals surface area (Å²) in [6, 6.07) is 6.04. The maximum atomic E-state index is 5.25. The van der Waals surface area contributed by atoms with Crippen LogP contribution in [-0.2, 0) is 6.42 Å². The SMILES string of the molecule is COc1ccc2c(c1)-c1[nH]ncc1CCN2. The van der Waals surface area contributed by atoms with Crippen molar-refractivity contribution >= 4 is 5.69 Å². The van der Waals surface area contributed by atoms with Gasteiger partial charge in [-0.2, -0.15) is 5.10 Å². The summed E-state index contributed by atoms with van der Waals surface area (Å²) < 4.78 is 5.25. The Labute approximate surface area is 93.6 Å². The van der Waals surface area contributed by atoms with Crippen LogP contribution in [0.15, 0.2) is 24.4 Å². The van der Waals surface area contributed by atoms with E-state index >= 15 is 0 Å². The van der Waals surface area contributed by atoms with Crippen molar-refractivity contribution in [1.82, 2.24) is 10.2 Å². The monoisotopic (exact) mass is 215 g/mol. The maximum absolute atomic E-state index is 5.25. The van der Waals surface area contributed by atoms with Gasteiger partial charge in [-0.1, -0.05) is 0 Å². The number of rotatable bonds is 1. The Morgan fingerprint density at radius 3 is 3.19 bits per heavy atom. The van der Waals surface area contributed by atoms with Crippen LogP contribution >= 0.6 is 0 Å². The van der Waals surface area contributed by atoms with Gasteiger partial charge in [0, 0.05) is 17.8 Å². The van der Waals surface area contributed by atoms with Crippen LogP contribution in [0.2, 0.25) is 0 Å². The van der Waals surface area contributed by atoms with Crippen LogP contribution < -0.4 is 10.1 Å². The molecule has 1 aliphatic heterocycles. The van der Waals surface area contributed by atoms with Crippen molar-refractivity contribution in [2.24, 2.45) is 0 Å². The third kappa shape index (κ3) is 1.34. The van der Waals surface area contributed by atoms with E-state index in [0.717, 1.165) is 35.7 Å². The second kappa shape index (κ2) is 3.56. The Bertz CT molecular complexity index is 519. The molecule has 3 rings (SSSR count). The van der Waals surface area contributed by atoms with E-state index in [2.05, 4.69) is 15.5 Å². The molecular weight excluding hydrogens is 202 g/mol. The highest BCUT2D eigenvalue weighted by molar-refractivity contribution is 5.79. The number of ether oxygens (including phenoxy) is 1.